The van der Waals surface area contributed by atoms with Crippen LogP contribution < -0.4 is 0 Å². The van der Waals surface area contributed by atoms with Crippen molar-refractivity contribution in [3.05, 3.63) is 35.4 Å². The molecule has 0 aromatic heterocycles. The largest absolute Gasteiger partial charge is 0.380 e. The van der Waals surface area contributed by atoms with E-state index in [-0.39, 0.29) is 5.91 Å². The highest BCUT2D eigenvalue weighted by atomic mass is 16.5. The molecule has 0 N–H and O–H groups in total. The fraction of sp³-hybridized carbons (Fsp3) is 0.650. The minimum Gasteiger partial charge on any atom is -0.380 e. The second-order valence-electron chi connectivity index (χ2n) is 7.15. The van der Waals surface area contributed by atoms with Crippen molar-refractivity contribution in [1.29, 1.82) is 0 Å². The zero-order valence-electron chi connectivity index (χ0n) is 15.6. The van der Waals surface area contributed by atoms with Gasteiger partial charge in [0.2, 0.25) is 5.91 Å². The number of hydrogen-bond acceptors (Lipinski definition) is 4. The second kappa shape index (κ2) is 8.79. The first-order valence-corrected chi connectivity index (χ1v) is 9.56. The Kier molecular flexibility index (Phi) is 6.45. The molecule has 2 aliphatic heterocycles. The van der Waals surface area contributed by atoms with E-state index in [0.717, 1.165) is 58.9 Å². The Morgan fingerprint density at radius 1 is 1.20 bits per heavy atom. The highest BCUT2D eigenvalue weighted by Crippen LogP contribution is 2.19. The van der Waals surface area contributed by atoms with Crippen molar-refractivity contribution in [1.82, 2.24) is 14.7 Å². The van der Waals surface area contributed by atoms with Crippen LogP contribution in [0.15, 0.2) is 24.3 Å². The Bertz CT molecular complexity index is 578. The number of ether oxygens (including phenoxy) is 1. The van der Waals surface area contributed by atoms with Crippen molar-refractivity contribution in [3.63, 3.8) is 0 Å². The highest BCUT2D eigenvalue weighted by molar-refractivity contribution is 5.78. The van der Waals surface area contributed by atoms with Gasteiger partial charge < -0.3 is 9.64 Å². The number of hydrogen-bond donors (Lipinski definition) is 0. The summed E-state index contributed by atoms with van der Waals surface area (Å²) in [6.07, 6.45) is 0.976. The first-order valence-electron chi connectivity index (χ1n) is 9.56. The summed E-state index contributed by atoms with van der Waals surface area (Å²) in [5.74, 6) is 0.268. The molecule has 0 unspecified atom stereocenters. The van der Waals surface area contributed by atoms with Gasteiger partial charge in [0.1, 0.15) is 0 Å². The van der Waals surface area contributed by atoms with Gasteiger partial charge in [-0.15, -0.1) is 0 Å². The van der Waals surface area contributed by atoms with Gasteiger partial charge in [0.15, 0.2) is 0 Å². The van der Waals surface area contributed by atoms with E-state index in [1.807, 2.05) is 11.8 Å². The van der Waals surface area contributed by atoms with E-state index in [9.17, 15) is 4.79 Å². The maximum atomic E-state index is 12.7. The Morgan fingerprint density at radius 2 is 2.00 bits per heavy atom. The molecule has 3 rings (SSSR count). The van der Waals surface area contributed by atoms with Gasteiger partial charge in [0.25, 0.3) is 0 Å². The lowest BCUT2D eigenvalue weighted by Gasteiger charge is -2.40. The maximum absolute atomic E-state index is 12.7. The van der Waals surface area contributed by atoms with Crippen molar-refractivity contribution >= 4 is 5.91 Å². The lowest BCUT2D eigenvalue weighted by Crippen LogP contribution is -2.55. The molecule has 1 saturated heterocycles. The molecule has 0 spiro atoms. The monoisotopic (exact) mass is 345 g/mol. The molecule has 1 atom stereocenters. The molecular weight excluding hydrogens is 314 g/mol. The molecule has 138 valence electrons. The summed E-state index contributed by atoms with van der Waals surface area (Å²) in [5, 5.41) is 0. The minimum absolute atomic E-state index is 0.268. The van der Waals surface area contributed by atoms with Crippen LogP contribution in [0.4, 0.5) is 0 Å². The lowest BCUT2D eigenvalue weighted by molar-refractivity contribution is -0.134. The van der Waals surface area contributed by atoms with Gasteiger partial charge in [-0.1, -0.05) is 24.3 Å². The molecular formula is C20H31N3O2. The Labute approximate surface area is 151 Å². The molecule has 0 aliphatic carbocycles. The Morgan fingerprint density at radius 3 is 2.76 bits per heavy atom. The summed E-state index contributed by atoms with van der Waals surface area (Å²) in [5.41, 5.74) is 2.69. The summed E-state index contributed by atoms with van der Waals surface area (Å²) in [4.78, 5) is 19.5. The maximum Gasteiger partial charge on any atom is 0.237 e. The first kappa shape index (κ1) is 18.4. The van der Waals surface area contributed by atoms with Crippen molar-refractivity contribution in [3.8, 4) is 0 Å². The van der Waals surface area contributed by atoms with Crippen LogP contribution in [-0.2, 0) is 22.5 Å². The van der Waals surface area contributed by atoms with E-state index in [1.54, 1.807) is 0 Å². The van der Waals surface area contributed by atoms with Crippen LogP contribution >= 0.6 is 0 Å². The number of rotatable bonds is 6. The fourth-order valence-electron chi connectivity index (χ4n) is 3.87. The zero-order valence-corrected chi connectivity index (χ0v) is 15.6. The number of carbonyl (C=O) groups is 1. The average Bonchev–Trinajstić information content (AvgIpc) is 2.63. The summed E-state index contributed by atoms with van der Waals surface area (Å²) >= 11 is 0. The van der Waals surface area contributed by atoms with Crippen LogP contribution in [0.3, 0.4) is 0 Å². The van der Waals surface area contributed by atoms with Gasteiger partial charge in [-0.2, -0.15) is 0 Å². The van der Waals surface area contributed by atoms with Crippen LogP contribution in [0.2, 0.25) is 0 Å². The summed E-state index contributed by atoms with van der Waals surface area (Å²) in [7, 11) is 0. The van der Waals surface area contributed by atoms with Gasteiger partial charge in [-0.25, -0.2) is 0 Å². The normalized spacial score (nSPS) is 22.0. The predicted molar refractivity (Wildman–Crippen MR) is 99.5 cm³/mol. The number of benzene rings is 1. The zero-order chi connectivity index (χ0) is 17.6. The number of amides is 1. The van der Waals surface area contributed by atoms with Crippen molar-refractivity contribution in [2.24, 2.45) is 0 Å². The van der Waals surface area contributed by atoms with E-state index in [0.29, 0.717) is 12.6 Å². The standard InChI is InChI=1S/C20H31N3O2/c1-3-25-13-12-22-11-10-21(14-17(22)2)16-20(24)23-9-8-18-6-4-5-7-19(18)15-23/h4-7,17H,3,8-16H2,1-2H3/t17-/m1/s1. The summed E-state index contributed by atoms with van der Waals surface area (Å²) < 4.78 is 5.47. The third-order valence-electron chi connectivity index (χ3n) is 5.42. The Hall–Kier alpha value is -1.43. The summed E-state index contributed by atoms with van der Waals surface area (Å²) in [6, 6.07) is 8.96. The van der Waals surface area contributed by atoms with E-state index in [1.165, 1.54) is 11.1 Å². The fourth-order valence-corrected chi connectivity index (χ4v) is 3.87. The van der Waals surface area contributed by atoms with Gasteiger partial charge in [-0.05, 0) is 31.4 Å². The van der Waals surface area contributed by atoms with E-state index in [4.69, 9.17) is 4.74 Å². The number of carbonyl (C=O) groups excluding carboxylic acids is 1. The third kappa shape index (κ3) is 4.81. The molecule has 2 heterocycles. The van der Waals surface area contributed by atoms with Crippen LogP contribution in [0, 0.1) is 0 Å². The van der Waals surface area contributed by atoms with Gasteiger partial charge in [-0.3, -0.25) is 14.6 Å². The molecule has 0 saturated carbocycles. The molecule has 2 aliphatic rings. The van der Waals surface area contributed by atoms with Crippen LogP contribution in [0.1, 0.15) is 25.0 Å². The molecule has 1 fully saturated rings. The number of fused-ring (bicyclic) bond motifs is 1. The lowest BCUT2D eigenvalue weighted by atomic mass is 10.00. The predicted octanol–water partition coefficient (Wildman–Crippen LogP) is 1.61. The molecule has 5 heteroatoms. The van der Waals surface area contributed by atoms with E-state index < -0.39 is 0 Å². The highest BCUT2D eigenvalue weighted by Gasteiger charge is 2.27. The number of nitrogens with zero attached hydrogens (tertiary/aromatic N) is 3. The second-order valence-corrected chi connectivity index (χ2v) is 7.15. The van der Waals surface area contributed by atoms with Gasteiger partial charge >= 0.3 is 0 Å². The van der Waals surface area contributed by atoms with Crippen LogP contribution in [0.5, 0.6) is 0 Å². The average molecular weight is 345 g/mol. The van der Waals surface area contributed by atoms with Gasteiger partial charge in [0, 0.05) is 51.9 Å². The van der Waals surface area contributed by atoms with Crippen molar-refractivity contribution < 1.29 is 9.53 Å². The molecule has 0 bridgehead atoms. The van der Waals surface area contributed by atoms with E-state index >= 15 is 0 Å². The smallest absolute Gasteiger partial charge is 0.237 e. The van der Waals surface area contributed by atoms with Gasteiger partial charge in [0.05, 0.1) is 13.2 Å². The Balaban J connectivity index is 1.46. The first-order chi connectivity index (χ1) is 12.2. The molecule has 1 amide bonds. The SMILES string of the molecule is CCOCCN1CCN(CC(=O)N2CCc3ccccc3C2)C[C@H]1C. The van der Waals surface area contributed by atoms with E-state index in [2.05, 4.69) is 41.0 Å². The summed E-state index contributed by atoms with van der Waals surface area (Å²) in [6.45, 7) is 11.9. The molecule has 1 aromatic rings. The third-order valence-corrected chi connectivity index (χ3v) is 5.42. The van der Waals surface area contributed by atoms with Crippen LogP contribution in [0.25, 0.3) is 0 Å². The quantitative estimate of drug-likeness (QED) is 0.734. The van der Waals surface area contributed by atoms with Crippen molar-refractivity contribution in [2.45, 2.75) is 32.9 Å². The topological polar surface area (TPSA) is 36.0 Å². The van der Waals surface area contributed by atoms with Crippen LogP contribution in [-0.4, -0.2) is 79.1 Å². The molecule has 25 heavy (non-hydrogen) atoms. The minimum atomic E-state index is 0.268. The molecule has 0 radical (unpaired) electrons. The number of piperazine rings is 1. The molecule has 5 nitrogen and oxygen atoms in total. The van der Waals surface area contributed by atoms with Crippen molar-refractivity contribution in [2.75, 3.05) is 52.5 Å². The molecule has 1 aromatic carbocycles.